The minimum Gasteiger partial charge on any atom is -0.366 e. The fourth-order valence-corrected chi connectivity index (χ4v) is 6.69. The summed E-state index contributed by atoms with van der Waals surface area (Å²) in [5.41, 5.74) is 0.629. The van der Waals surface area contributed by atoms with E-state index in [0.29, 0.717) is 11.4 Å². The lowest BCUT2D eigenvalue weighted by Gasteiger charge is -2.30. The molecule has 2 atom stereocenters. The number of rotatable bonds is 14. The van der Waals surface area contributed by atoms with Gasteiger partial charge in [-0.2, -0.15) is 0 Å². The first-order valence-electron chi connectivity index (χ1n) is 11.5. The molecule has 214 valence electrons. The van der Waals surface area contributed by atoms with Gasteiger partial charge in [0.25, 0.3) is 11.4 Å². The lowest BCUT2D eigenvalue weighted by atomic mass is 10.1. The van der Waals surface area contributed by atoms with Crippen molar-refractivity contribution in [2.45, 2.75) is 11.6 Å². The molecule has 0 heterocycles. The summed E-state index contributed by atoms with van der Waals surface area (Å²) < 4.78 is 48.1. The number of para-hydroxylation sites is 2. The van der Waals surface area contributed by atoms with Gasteiger partial charge in [-0.3, -0.25) is 29.4 Å². The summed E-state index contributed by atoms with van der Waals surface area (Å²) in [4.78, 5) is 21.6. The van der Waals surface area contributed by atoms with Crippen LogP contribution in [0.3, 0.4) is 0 Å². The van der Waals surface area contributed by atoms with Gasteiger partial charge in [0, 0.05) is 52.7 Å². The zero-order valence-corrected chi connectivity index (χ0v) is 23.7. The molecule has 3 aromatic rings. The van der Waals surface area contributed by atoms with Crippen molar-refractivity contribution < 1.29 is 37.1 Å². The summed E-state index contributed by atoms with van der Waals surface area (Å²) in [6.07, 6.45) is 0. The van der Waals surface area contributed by atoms with E-state index in [9.17, 15) is 29.4 Å². The van der Waals surface area contributed by atoms with E-state index in [0.717, 1.165) is 0 Å². The maximum Gasteiger partial charge on any atom is 0.356 e. The molecule has 14 nitrogen and oxygen atoms in total. The van der Waals surface area contributed by atoms with Gasteiger partial charge in [-0.1, -0.05) is 36.4 Å². The van der Waals surface area contributed by atoms with Crippen LogP contribution in [0.15, 0.2) is 72.8 Å². The predicted octanol–water partition coefficient (Wildman–Crippen LogP) is 6.70. The zero-order valence-electron chi connectivity index (χ0n) is 22.0. The van der Waals surface area contributed by atoms with E-state index >= 15 is 0 Å². The molecule has 0 bridgehead atoms. The zero-order chi connectivity index (χ0) is 29.5. The fraction of sp³-hybridized carbons (Fsp3) is 0.250. The Balaban J connectivity index is 2.12. The van der Waals surface area contributed by atoms with Gasteiger partial charge in [0.1, 0.15) is 0 Å². The molecular weight excluding hydrogens is 566 g/mol. The highest BCUT2D eigenvalue weighted by Gasteiger charge is 2.39. The van der Waals surface area contributed by atoms with E-state index in [1.807, 2.05) is 0 Å². The van der Waals surface area contributed by atoms with E-state index in [4.69, 9.17) is 18.1 Å². The monoisotopic (exact) mass is 594 g/mol. The summed E-state index contributed by atoms with van der Waals surface area (Å²) in [7, 11) is -3.14. The Bertz CT molecular complexity index is 1350. The highest BCUT2D eigenvalue weighted by molar-refractivity contribution is 7.54. The van der Waals surface area contributed by atoms with Crippen LogP contribution in [-0.2, 0) is 27.2 Å². The third-order valence-electron chi connectivity index (χ3n) is 5.96. The van der Waals surface area contributed by atoms with Crippen LogP contribution >= 0.6 is 15.2 Å². The largest absolute Gasteiger partial charge is 0.366 e. The summed E-state index contributed by atoms with van der Waals surface area (Å²) in [5, 5.41) is 28.9. The van der Waals surface area contributed by atoms with Gasteiger partial charge >= 0.3 is 15.2 Å². The Morgan fingerprint density at radius 3 is 1.27 bits per heavy atom. The topological polar surface area (TPSA) is 181 Å². The second-order valence-corrected chi connectivity index (χ2v) is 12.8. The van der Waals surface area contributed by atoms with Crippen LogP contribution in [0.4, 0.5) is 22.7 Å². The van der Waals surface area contributed by atoms with E-state index in [1.54, 1.807) is 24.3 Å². The summed E-state index contributed by atoms with van der Waals surface area (Å²) in [6.45, 7) is 0. The molecule has 0 amide bonds. The fourth-order valence-electron chi connectivity index (χ4n) is 3.91. The van der Waals surface area contributed by atoms with E-state index in [2.05, 4.69) is 10.6 Å². The predicted molar refractivity (Wildman–Crippen MR) is 149 cm³/mol. The molecule has 0 radical (unpaired) electrons. The van der Waals surface area contributed by atoms with Crippen LogP contribution in [-0.4, -0.2) is 38.3 Å². The maximum absolute atomic E-state index is 13.6. The van der Waals surface area contributed by atoms with Crippen molar-refractivity contribution in [2.24, 2.45) is 0 Å². The van der Waals surface area contributed by atoms with Crippen LogP contribution in [0, 0.1) is 20.2 Å². The van der Waals surface area contributed by atoms with Crippen LogP contribution in [0.5, 0.6) is 0 Å². The molecule has 0 aliphatic rings. The Kier molecular flexibility index (Phi) is 10.2. The Morgan fingerprint density at radius 1 is 0.625 bits per heavy atom. The first-order chi connectivity index (χ1) is 19.0. The number of non-ortho nitro benzene ring substituents is 2. The molecule has 2 N–H and O–H groups in total. The van der Waals surface area contributed by atoms with Crippen molar-refractivity contribution in [1.82, 2.24) is 0 Å². The second kappa shape index (κ2) is 13.1. The third-order valence-corrected chi connectivity index (χ3v) is 10.1. The van der Waals surface area contributed by atoms with Crippen molar-refractivity contribution in [1.29, 1.82) is 0 Å². The van der Waals surface area contributed by atoms with Crippen molar-refractivity contribution >= 4 is 37.9 Å². The molecule has 0 aromatic heterocycles. The minimum absolute atomic E-state index is 0.235. The number of benzene rings is 3. The van der Waals surface area contributed by atoms with Crippen LogP contribution in [0.25, 0.3) is 0 Å². The van der Waals surface area contributed by atoms with Crippen molar-refractivity contribution in [3.05, 3.63) is 104 Å². The molecule has 2 unspecified atom stereocenters. The van der Waals surface area contributed by atoms with Crippen LogP contribution in [0.2, 0.25) is 0 Å². The normalized spacial score (nSPS) is 13.3. The second-order valence-electron chi connectivity index (χ2n) is 8.15. The van der Waals surface area contributed by atoms with Gasteiger partial charge in [-0.25, -0.2) is 0 Å². The van der Waals surface area contributed by atoms with Crippen molar-refractivity contribution in [2.75, 3.05) is 39.1 Å². The van der Waals surface area contributed by atoms with Crippen molar-refractivity contribution in [3.8, 4) is 0 Å². The molecule has 16 heteroatoms. The molecule has 0 aliphatic carbocycles. The Hall–Kier alpha value is -3.64. The molecule has 40 heavy (non-hydrogen) atoms. The number of nitro benzene ring substituents is 2. The lowest BCUT2D eigenvalue weighted by Crippen LogP contribution is -2.17. The van der Waals surface area contributed by atoms with Gasteiger partial charge in [-0.05, 0) is 23.3 Å². The van der Waals surface area contributed by atoms with E-state index in [-0.39, 0.29) is 22.5 Å². The molecule has 0 aliphatic heterocycles. The summed E-state index contributed by atoms with van der Waals surface area (Å²) >= 11 is 0. The Labute approximate surface area is 230 Å². The van der Waals surface area contributed by atoms with Gasteiger partial charge in [-0.15, -0.1) is 0 Å². The molecule has 0 spiro atoms. The third kappa shape index (κ3) is 6.73. The number of hydrogen-bond donors (Lipinski definition) is 2. The van der Waals surface area contributed by atoms with Gasteiger partial charge in [0.2, 0.25) is 0 Å². The van der Waals surface area contributed by atoms with Crippen LogP contribution < -0.4 is 10.6 Å². The Morgan fingerprint density at radius 2 is 0.975 bits per heavy atom. The van der Waals surface area contributed by atoms with Gasteiger partial charge < -0.3 is 28.7 Å². The maximum atomic E-state index is 13.6. The van der Waals surface area contributed by atoms with Gasteiger partial charge in [0.05, 0.1) is 21.2 Å². The lowest BCUT2D eigenvalue weighted by molar-refractivity contribution is -0.385. The molecule has 3 aromatic carbocycles. The average Bonchev–Trinajstić information content (AvgIpc) is 2.98. The first kappa shape index (κ1) is 30.9. The SMILES string of the molecule is COP(=O)(OC)C(Nc1ccccc1NC(c1cccc([N+](=O)[O-])c1)P(=O)(OC)OC)c1cccc([N+](=O)[O-])c1. The molecule has 0 saturated heterocycles. The average molecular weight is 594 g/mol. The highest BCUT2D eigenvalue weighted by atomic mass is 31.2. The first-order valence-corrected chi connectivity index (χ1v) is 14.8. The van der Waals surface area contributed by atoms with E-state index in [1.165, 1.54) is 77.0 Å². The van der Waals surface area contributed by atoms with Crippen molar-refractivity contribution in [3.63, 3.8) is 0 Å². The molecule has 0 fully saturated rings. The number of nitrogens with one attached hydrogen (secondary N) is 2. The minimum atomic E-state index is -3.94. The number of nitrogens with zero attached hydrogens (tertiary/aromatic N) is 2. The molecule has 3 rings (SSSR count). The number of anilines is 2. The molecular formula is C24H28N4O10P2. The smallest absolute Gasteiger partial charge is 0.356 e. The quantitative estimate of drug-likeness (QED) is 0.115. The summed E-state index contributed by atoms with van der Waals surface area (Å²) in [6, 6.07) is 17.5. The van der Waals surface area contributed by atoms with Crippen LogP contribution in [0.1, 0.15) is 22.7 Å². The summed E-state index contributed by atoms with van der Waals surface area (Å²) in [5.74, 6) is -2.42. The standard InChI is InChI=1S/C24H28N4O10P2/c1-35-39(33,36-2)23(17-9-7-11-19(15-17)27(29)30)25-21-13-5-6-14-22(21)26-24(40(34,37-3)38-4)18-10-8-12-20(16-18)28(31)32/h5-16,23-26H,1-4H3. The van der Waals surface area contributed by atoms with Gasteiger partial charge in [0.15, 0.2) is 11.6 Å². The number of hydrogen-bond acceptors (Lipinski definition) is 12. The molecule has 0 saturated carbocycles. The van der Waals surface area contributed by atoms with E-state index < -0.39 is 36.6 Å². The number of nitro groups is 2. The highest BCUT2D eigenvalue weighted by Crippen LogP contribution is 2.62.